The minimum absolute atomic E-state index is 0.0414. The number of hydrogen-bond acceptors (Lipinski definition) is 4. The van der Waals surface area contributed by atoms with Gasteiger partial charge < -0.3 is 9.53 Å². The summed E-state index contributed by atoms with van der Waals surface area (Å²) in [7, 11) is 0. The van der Waals surface area contributed by atoms with Crippen LogP contribution in [0.2, 0.25) is 0 Å². The first kappa shape index (κ1) is 29.1. The van der Waals surface area contributed by atoms with Gasteiger partial charge in [0.15, 0.2) is 11.6 Å². The van der Waals surface area contributed by atoms with Crippen LogP contribution in [0.25, 0.3) is 4.85 Å². The average Bonchev–Trinajstić information content (AvgIpc) is 3.46. The summed E-state index contributed by atoms with van der Waals surface area (Å²) in [6.07, 6.45) is 13.5. The number of fused-ring (bicyclic) bond motifs is 7. The highest BCUT2D eigenvalue weighted by Crippen LogP contribution is 2.74. The SMILES string of the molecule is [C-]#[N+]C1=C[C@]2(C)C3=CC(=O)[C@@H]4[C@@H]5CC(C)(C)CC[C@]5(COC(=O)n5cccc5)CC[C@@]4(C)[C@]3(C)CC[C@H]2C(C)(C)C1=O. The van der Waals surface area contributed by atoms with E-state index in [1.807, 2.05) is 38.1 Å². The fraction of sp³-hybridized carbons (Fsp3) is 0.667. The van der Waals surface area contributed by atoms with Crippen molar-refractivity contribution in [1.82, 2.24) is 4.57 Å². The lowest BCUT2D eigenvalue weighted by Crippen LogP contribution is -2.65. The molecule has 42 heavy (non-hydrogen) atoms. The summed E-state index contributed by atoms with van der Waals surface area (Å²) >= 11 is 0. The molecule has 5 aliphatic carbocycles. The van der Waals surface area contributed by atoms with Gasteiger partial charge in [0.25, 0.3) is 0 Å². The molecule has 0 radical (unpaired) electrons. The van der Waals surface area contributed by atoms with Gasteiger partial charge in [-0.3, -0.25) is 9.36 Å². The summed E-state index contributed by atoms with van der Waals surface area (Å²) in [5.41, 5.74) is -0.489. The van der Waals surface area contributed by atoms with Crippen LogP contribution in [-0.2, 0) is 14.3 Å². The predicted molar refractivity (Wildman–Crippen MR) is 161 cm³/mol. The third-order valence-corrected chi connectivity index (χ3v) is 13.3. The maximum absolute atomic E-state index is 14.6. The van der Waals surface area contributed by atoms with Crippen molar-refractivity contribution in [3.05, 3.63) is 59.4 Å². The van der Waals surface area contributed by atoms with Gasteiger partial charge in [0.2, 0.25) is 5.70 Å². The average molecular weight is 571 g/mol. The number of carbonyl (C=O) groups is 3. The molecule has 0 amide bonds. The van der Waals surface area contributed by atoms with E-state index >= 15 is 0 Å². The number of hydrogen-bond donors (Lipinski definition) is 0. The molecular weight excluding hydrogens is 524 g/mol. The summed E-state index contributed by atoms with van der Waals surface area (Å²) in [4.78, 5) is 44.5. The highest BCUT2D eigenvalue weighted by Gasteiger charge is 2.69. The Morgan fingerprint density at radius 3 is 2.33 bits per heavy atom. The van der Waals surface area contributed by atoms with Gasteiger partial charge in [0.05, 0.1) is 13.2 Å². The van der Waals surface area contributed by atoms with Crippen molar-refractivity contribution in [3.8, 4) is 0 Å². The molecule has 1 aromatic heterocycles. The zero-order valence-corrected chi connectivity index (χ0v) is 26.4. The van der Waals surface area contributed by atoms with Gasteiger partial charge in [-0.15, -0.1) is 0 Å². The van der Waals surface area contributed by atoms with Crippen LogP contribution in [0.4, 0.5) is 4.79 Å². The monoisotopic (exact) mass is 570 g/mol. The zero-order chi connectivity index (χ0) is 30.5. The highest BCUT2D eigenvalue weighted by molar-refractivity contribution is 6.03. The first-order chi connectivity index (χ1) is 19.5. The van der Waals surface area contributed by atoms with E-state index < -0.39 is 10.8 Å². The van der Waals surface area contributed by atoms with Crippen LogP contribution >= 0.6 is 0 Å². The smallest absolute Gasteiger partial charge is 0.417 e. The molecule has 6 rings (SSSR count). The lowest BCUT2D eigenvalue weighted by molar-refractivity contribution is -0.177. The Hall–Kier alpha value is -2.94. The van der Waals surface area contributed by atoms with Crippen LogP contribution < -0.4 is 0 Å². The Morgan fingerprint density at radius 1 is 1.00 bits per heavy atom. The molecule has 7 atom stereocenters. The molecule has 1 aromatic rings. The van der Waals surface area contributed by atoms with Crippen molar-refractivity contribution in [3.63, 3.8) is 0 Å². The fourth-order valence-corrected chi connectivity index (χ4v) is 10.7. The fourth-order valence-electron chi connectivity index (χ4n) is 10.7. The number of rotatable bonds is 2. The minimum Gasteiger partial charge on any atom is -0.448 e. The van der Waals surface area contributed by atoms with E-state index in [4.69, 9.17) is 11.3 Å². The summed E-state index contributed by atoms with van der Waals surface area (Å²) in [5.74, 6) is 0.107. The number of Topliss-reactive ketones (excluding diaryl/α,β-unsaturated/α-hetero) is 1. The van der Waals surface area contributed by atoms with Crippen molar-refractivity contribution >= 4 is 17.7 Å². The van der Waals surface area contributed by atoms with Crippen molar-refractivity contribution in [2.24, 2.45) is 50.2 Å². The molecule has 3 fully saturated rings. The number of allylic oxidation sites excluding steroid dienone is 4. The molecule has 0 N–H and O–H groups in total. The van der Waals surface area contributed by atoms with E-state index in [1.54, 1.807) is 12.4 Å². The molecule has 6 nitrogen and oxygen atoms in total. The molecule has 0 unspecified atom stereocenters. The Labute approximate surface area is 250 Å². The predicted octanol–water partition coefficient (Wildman–Crippen LogP) is 8.05. The lowest BCUT2D eigenvalue weighted by Gasteiger charge is -2.69. The molecule has 0 aromatic carbocycles. The number of aromatic nitrogens is 1. The van der Waals surface area contributed by atoms with Crippen LogP contribution in [0, 0.1) is 56.8 Å². The number of ether oxygens (including phenoxy) is 1. The Bertz CT molecular complexity index is 1460. The maximum Gasteiger partial charge on any atom is 0.417 e. The second-order valence-corrected chi connectivity index (χ2v) is 16.2. The van der Waals surface area contributed by atoms with E-state index in [1.165, 1.54) is 4.57 Å². The van der Waals surface area contributed by atoms with Gasteiger partial charge >= 0.3 is 6.09 Å². The second-order valence-electron chi connectivity index (χ2n) is 16.2. The molecule has 224 valence electrons. The standard InChI is InChI=1S/C36H46N2O4/c1-31(2)13-15-36(22-42-30(41)38-17-9-10-18-38)16-14-35(7)28(23(36)20-31)25(39)19-27-33(5)21-24(37-8)29(40)32(3,4)26(33)11-12-34(27,35)6/h9-10,17-19,21,23,26,28H,11-16,20,22H2,1-7H3/t23-,26-,28-,33-,34+,35+,36+/m0/s1. The van der Waals surface area contributed by atoms with Gasteiger partial charge in [-0.25, -0.2) is 9.64 Å². The molecule has 0 spiro atoms. The number of carbonyl (C=O) groups excluding carboxylic acids is 3. The quantitative estimate of drug-likeness (QED) is 0.337. The highest BCUT2D eigenvalue weighted by atomic mass is 16.5. The van der Waals surface area contributed by atoms with Crippen LogP contribution in [0.3, 0.4) is 0 Å². The zero-order valence-electron chi connectivity index (χ0n) is 26.4. The third kappa shape index (κ3) is 3.77. The molecule has 0 saturated heterocycles. The molecular formula is C36H46N2O4. The molecule has 0 aliphatic heterocycles. The molecule has 0 bridgehead atoms. The molecule has 6 heteroatoms. The topological polar surface area (TPSA) is 69.7 Å². The lowest BCUT2D eigenvalue weighted by atomic mass is 9.34. The van der Waals surface area contributed by atoms with Crippen LogP contribution in [0.5, 0.6) is 0 Å². The van der Waals surface area contributed by atoms with Crippen molar-refractivity contribution in [1.29, 1.82) is 0 Å². The number of nitrogens with zero attached hydrogens (tertiary/aromatic N) is 2. The van der Waals surface area contributed by atoms with E-state index in [2.05, 4.69) is 39.5 Å². The summed E-state index contributed by atoms with van der Waals surface area (Å²) in [5, 5.41) is 0. The maximum atomic E-state index is 14.6. The summed E-state index contributed by atoms with van der Waals surface area (Å²) < 4.78 is 7.49. The van der Waals surface area contributed by atoms with E-state index in [0.29, 0.717) is 6.61 Å². The van der Waals surface area contributed by atoms with Gasteiger partial charge in [-0.1, -0.05) is 60.1 Å². The van der Waals surface area contributed by atoms with Gasteiger partial charge in [-0.05, 0) is 91.2 Å². The van der Waals surface area contributed by atoms with Crippen LogP contribution in [0.1, 0.15) is 93.4 Å². The van der Waals surface area contributed by atoms with Crippen molar-refractivity contribution in [2.75, 3.05) is 6.61 Å². The Balaban J connectivity index is 1.44. The van der Waals surface area contributed by atoms with Crippen molar-refractivity contribution < 1.29 is 19.1 Å². The summed E-state index contributed by atoms with van der Waals surface area (Å²) in [6.45, 7) is 23.6. The molecule has 3 saturated carbocycles. The minimum atomic E-state index is -0.662. The first-order valence-electron chi connectivity index (χ1n) is 15.8. The molecule has 5 aliphatic rings. The van der Waals surface area contributed by atoms with Gasteiger partial charge in [0.1, 0.15) is 0 Å². The second kappa shape index (κ2) is 9.04. The van der Waals surface area contributed by atoms with E-state index in [0.717, 1.165) is 50.5 Å². The molecule has 1 heterocycles. The normalized spacial score (nSPS) is 41.6. The van der Waals surface area contributed by atoms with E-state index in [-0.39, 0.29) is 62.8 Å². The Morgan fingerprint density at radius 2 is 1.67 bits per heavy atom. The van der Waals surface area contributed by atoms with Gasteiger partial charge in [-0.2, -0.15) is 0 Å². The Kier molecular flexibility index (Phi) is 6.27. The van der Waals surface area contributed by atoms with Crippen molar-refractivity contribution in [2.45, 2.75) is 93.4 Å². The first-order valence-corrected chi connectivity index (χ1v) is 15.8. The third-order valence-electron chi connectivity index (χ3n) is 13.3. The van der Waals surface area contributed by atoms with Gasteiger partial charge in [0, 0.05) is 34.6 Å². The van der Waals surface area contributed by atoms with Crippen LogP contribution in [-0.4, -0.2) is 28.8 Å². The largest absolute Gasteiger partial charge is 0.448 e. The summed E-state index contributed by atoms with van der Waals surface area (Å²) in [6, 6.07) is 3.63. The number of ketones is 2. The van der Waals surface area contributed by atoms with E-state index in [9.17, 15) is 14.4 Å². The van der Waals surface area contributed by atoms with Crippen LogP contribution in [0.15, 0.2) is 47.9 Å².